The maximum atomic E-state index is 13.5. The van der Waals surface area contributed by atoms with Crippen LogP contribution in [0.15, 0.2) is 48.5 Å². The van der Waals surface area contributed by atoms with Gasteiger partial charge in [0.15, 0.2) is 0 Å². The molecule has 1 aromatic heterocycles. The molecule has 2 aliphatic rings. The van der Waals surface area contributed by atoms with Crippen molar-refractivity contribution in [2.24, 2.45) is 0 Å². The Balaban J connectivity index is 1.49. The van der Waals surface area contributed by atoms with Crippen LogP contribution in [0.2, 0.25) is 0 Å². The van der Waals surface area contributed by atoms with Gasteiger partial charge in [0.25, 0.3) is 5.91 Å². The highest BCUT2D eigenvalue weighted by atomic mass is 32.1. The molecule has 3 aromatic rings. The average molecular weight is 534 g/mol. The molecule has 0 fully saturated rings. The molecular weight excluding hydrogens is 498 g/mol. The lowest BCUT2D eigenvalue weighted by Gasteiger charge is -2.41. The molecule has 0 spiro atoms. The standard InChI is InChI=1S/C30H35N3O4S/c1-18(19-10-7-6-8-11-19)33-17-24-22(26(27(31)38-24)29(35)37-30(2,3)4)14-21(33)16-32-15-20-12-9-13-23(36-5)25(20)28(32)34/h6-13,18,21H,14-17,31H2,1-5H3/t18-,21+/m0/s1. The second-order valence-corrected chi connectivity index (χ2v) is 12.2. The number of fused-ring (bicyclic) bond motifs is 2. The van der Waals surface area contributed by atoms with Crippen molar-refractivity contribution >= 4 is 28.2 Å². The fourth-order valence-electron chi connectivity index (χ4n) is 5.58. The van der Waals surface area contributed by atoms with Crippen molar-refractivity contribution in [2.45, 2.75) is 64.9 Å². The SMILES string of the molecule is COc1cccc2c1C(=O)N(C[C@H]1Cc3c(sc(N)c3C(=O)OC(C)(C)C)CN1[C@@H](C)c1ccccc1)C2. The van der Waals surface area contributed by atoms with Gasteiger partial charge in [0.1, 0.15) is 16.4 Å². The van der Waals surface area contributed by atoms with Crippen LogP contribution in [-0.2, 0) is 24.2 Å². The number of esters is 1. The first-order valence-electron chi connectivity index (χ1n) is 13.0. The molecule has 5 rings (SSSR count). The van der Waals surface area contributed by atoms with Gasteiger partial charge in [-0.3, -0.25) is 9.69 Å². The van der Waals surface area contributed by atoms with E-state index in [1.807, 2.05) is 62.1 Å². The lowest BCUT2D eigenvalue weighted by Crippen LogP contribution is -2.48. The molecule has 0 unspecified atom stereocenters. The van der Waals surface area contributed by atoms with E-state index >= 15 is 0 Å². The van der Waals surface area contributed by atoms with E-state index in [0.717, 1.165) is 16.0 Å². The molecule has 7 nitrogen and oxygen atoms in total. The monoisotopic (exact) mass is 533 g/mol. The lowest BCUT2D eigenvalue weighted by molar-refractivity contribution is 0.00676. The zero-order chi connectivity index (χ0) is 27.2. The van der Waals surface area contributed by atoms with Gasteiger partial charge in [-0.15, -0.1) is 11.3 Å². The topological polar surface area (TPSA) is 85.1 Å². The third-order valence-corrected chi connectivity index (χ3v) is 8.41. The number of thiophene rings is 1. The van der Waals surface area contributed by atoms with Crippen LogP contribution in [0.4, 0.5) is 5.00 Å². The minimum atomic E-state index is -0.618. The molecule has 0 saturated carbocycles. The Bertz CT molecular complexity index is 1360. The summed E-state index contributed by atoms with van der Waals surface area (Å²) in [6.07, 6.45) is 0.603. The fraction of sp³-hybridized carbons (Fsp3) is 0.400. The highest BCUT2D eigenvalue weighted by Gasteiger charge is 2.39. The number of carbonyl (C=O) groups is 2. The lowest BCUT2D eigenvalue weighted by atomic mass is 9.93. The van der Waals surface area contributed by atoms with Crippen molar-refractivity contribution in [3.63, 3.8) is 0 Å². The van der Waals surface area contributed by atoms with Crippen molar-refractivity contribution in [2.75, 3.05) is 19.4 Å². The van der Waals surface area contributed by atoms with E-state index in [2.05, 4.69) is 24.0 Å². The van der Waals surface area contributed by atoms with Crippen LogP contribution in [0, 0.1) is 0 Å². The Morgan fingerprint density at radius 3 is 2.55 bits per heavy atom. The Kier molecular flexibility index (Phi) is 6.96. The molecule has 0 saturated heterocycles. The van der Waals surface area contributed by atoms with Crippen molar-refractivity contribution in [1.29, 1.82) is 0 Å². The first kappa shape index (κ1) is 26.3. The number of anilines is 1. The molecule has 1 amide bonds. The van der Waals surface area contributed by atoms with E-state index in [1.54, 1.807) is 7.11 Å². The number of carbonyl (C=O) groups excluding carboxylic acids is 2. The summed E-state index contributed by atoms with van der Waals surface area (Å²) >= 11 is 1.47. The molecule has 0 radical (unpaired) electrons. The maximum absolute atomic E-state index is 13.5. The first-order valence-corrected chi connectivity index (χ1v) is 13.8. The minimum absolute atomic E-state index is 0.0165. The van der Waals surface area contributed by atoms with Crippen molar-refractivity contribution in [3.05, 3.63) is 81.2 Å². The number of methoxy groups -OCH3 is 1. The maximum Gasteiger partial charge on any atom is 0.341 e. The van der Waals surface area contributed by atoms with E-state index in [0.29, 0.717) is 47.9 Å². The van der Waals surface area contributed by atoms with Crippen molar-refractivity contribution in [3.8, 4) is 5.75 Å². The molecule has 200 valence electrons. The highest BCUT2D eigenvalue weighted by molar-refractivity contribution is 7.16. The molecule has 3 heterocycles. The van der Waals surface area contributed by atoms with E-state index in [4.69, 9.17) is 15.2 Å². The highest BCUT2D eigenvalue weighted by Crippen LogP contribution is 2.41. The second kappa shape index (κ2) is 10.1. The number of nitrogens with zero attached hydrogens (tertiary/aromatic N) is 2. The predicted molar refractivity (Wildman–Crippen MR) is 150 cm³/mol. The van der Waals surface area contributed by atoms with E-state index < -0.39 is 5.60 Å². The molecule has 2 N–H and O–H groups in total. The number of benzene rings is 2. The van der Waals surface area contributed by atoms with Crippen LogP contribution in [0.1, 0.15) is 76.0 Å². The number of nitrogen functional groups attached to an aromatic ring is 1. The third kappa shape index (κ3) is 4.90. The zero-order valence-corrected chi connectivity index (χ0v) is 23.4. The van der Waals surface area contributed by atoms with Crippen LogP contribution in [0.25, 0.3) is 0 Å². The Labute approximate surface area is 228 Å². The molecular formula is C30H35N3O4S. The summed E-state index contributed by atoms with van der Waals surface area (Å²) in [6.45, 7) is 9.48. The van der Waals surface area contributed by atoms with Crippen LogP contribution in [0.5, 0.6) is 5.75 Å². The Hall–Kier alpha value is -3.36. The molecule has 2 aliphatic heterocycles. The molecule has 38 heavy (non-hydrogen) atoms. The van der Waals surface area contributed by atoms with Gasteiger partial charge in [0.05, 0.1) is 18.2 Å². The average Bonchev–Trinajstić information content (AvgIpc) is 3.37. The number of hydrogen-bond donors (Lipinski definition) is 1. The summed E-state index contributed by atoms with van der Waals surface area (Å²) in [5.41, 5.74) is 10.0. The van der Waals surface area contributed by atoms with Crippen LogP contribution >= 0.6 is 11.3 Å². The number of rotatable bonds is 6. The molecule has 0 bridgehead atoms. The van der Waals surface area contributed by atoms with Gasteiger partial charge >= 0.3 is 5.97 Å². The third-order valence-electron chi connectivity index (χ3n) is 7.36. The zero-order valence-electron chi connectivity index (χ0n) is 22.6. The van der Waals surface area contributed by atoms with Gasteiger partial charge in [-0.05, 0) is 56.9 Å². The van der Waals surface area contributed by atoms with Gasteiger partial charge in [-0.2, -0.15) is 0 Å². The minimum Gasteiger partial charge on any atom is -0.496 e. The summed E-state index contributed by atoms with van der Waals surface area (Å²) in [4.78, 5) is 32.1. The predicted octanol–water partition coefficient (Wildman–Crippen LogP) is 5.44. The van der Waals surface area contributed by atoms with Gasteiger partial charge < -0.3 is 20.1 Å². The number of ether oxygens (including phenoxy) is 2. The quantitative estimate of drug-likeness (QED) is 0.425. The number of amides is 1. The smallest absolute Gasteiger partial charge is 0.341 e. The van der Waals surface area contributed by atoms with Gasteiger partial charge in [-0.25, -0.2) is 4.79 Å². The van der Waals surface area contributed by atoms with Crippen molar-refractivity contribution < 1.29 is 19.1 Å². The fourth-order valence-corrected chi connectivity index (χ4v) is 6.68. The van der Waals surface area contributed by atoms with Crippen LogP contribution in [0.3, 0.4) is 0 Å². The number of hydrogen-bond acceptors (Lipinski definition) is 7. The van der Waals surface area contributed by atoms with Gasteiger partial charge in [-0.1, -0.05) is 42.5 Å². The van der Waals surface area contributed by atoms with Crippen molar-refractivity contribution in [1.82, 2.24) is 9.80 Å². The van der Waals surface area contributed by atoms with E-state index in [-0.39, 0.29) is 24.0 Å². The number of nitrogens with two attached hydrogens (primary N) is 1. The molecule has 2 atom stereocenters. The van der Waals surface area contributed by atoms with Crippen LogP contribution in [-0.4, -0.2) is 47.0 Å². The van der Waals surface area contributed by atoms with Gasteiger partial charge in [0.2, 0.25) is 0 Å². The summed E-state index contributed by atoms with van der Waals surface area (Å²) in [5, 5.41) is 0.492. The van der Waals surface area contributed by atoms with Crippen LogP contribution < -0.4 is 10.5 Å². The second-order valence-electron chi connectivity index (χ2n) is 11.0. The summed E-state index contributed by atoms with van der Waals surface area (Å²) in [5.74, 6) is 0.200. The van der Waals surface area contributed by atoms with Gasteiger partial charge in [0, 0.05) is 36.6 Å². The first-order chi connectivity index (χ1) is 18.1. The molecule has 2 aromatic carbocycles. The Morgan fingerprint density at radius 1 is 1.13 bits per heavy atom. The summed E-state index contributed by atoms with van der Waals surface area (Å²) in [6, 6.07) is 16.2. The summed E-state index contributed by atoms with van der Waals surface area (Å²) in [7, 11) is 1.59. The molecule has 8 heteroatoms. The van der Waals surface area contributed by atoms with E-state index in [9.17, 15) is 9.59 Å². The largest absolute Gasteiger partial charge is 0.496 e. The molecule has 0 aliphatic carbocycles. The summed E-state index contributed by atoms with van der Waals surface area (Å²) < 4.78 is 11.2. The normalized spacial score (nSPS) is 18.2. The Morgan fingerprint density at radius 2 is 1.87 bits per heavy atom. The van der Waals surface area contributed by atoms with E-state index in [1.165, 1.54) is 16.9 Å².